The summed E-state index contributed by atoms with van der Waals surface area (Å²) in [6, 6.07) is 0.324. The van der Waals surface area contributed by atoms with Crippen molar-refractivity contribution in [3.63, 3.8) is 0 Å². The number of aromatic nitrogens is 3. The van der Waals surface area contributed by atoms with Crippen LogP contribution in [-0.4, -0.2) is 38.0 Å². The highest BCUT2D eigenvalue weighted by Gasteiger charge is 2.11. The molecule has 1 rings (SSSR count). The van der Waals surface area contributed by atoms with Gasteiger partial charge >= 0.3 is 0 Å². The van der Waals surface area contributed by atoms with E-state index in [4.69, 9.17) is 18.0 Å². The first-order chi connectivity index (χ1) is 6.99. The van der Waals surface area contributed by atoms with Gasteiger partial charge in [-0.15, -0.1) is 5.10 Å². The van der Waals surface area contributed by atoms with Gasteiger partial charge in [0.15, 0.2) is 0 Å². The Labute approximate surface area is 95.2 Å². The van der Waals surface area contributed by atoms with Crippen molar-refractivity contribution in [2.45, 2.75) is 25.9 Å². The van der Waals surface area contributed by atoms with E-state index in [0.29, 0.717) is 11.0 Å². The van der Waals surface area contributed by atoms with E-state index < -0.39 is 0 Å². The van der Waals surface area contributed by atoms with Crippen LogP contribution in [0.15, 0.2) is 6.20 Å². The van der Waals surface area contributed by atoms with Crippen LogP contribution < -0.4 is 5.73 Å². The fourth-order valence-corrected chi connectivity index (χ4v) is 1.57. The largest absolute Gasteiger partial charge is 0.393 e. The summed E-state index contributed by atoms with van der Waals surface area (Å²) in [6.45, 7) is 2.85. The average molecular weight is 227 g/mol. The Morgan fingerprint density at radius 1 is 1.73 bits per heavy atom. The summed E-state index contributed by atoms with van der Waals surface area (Å²) in [5.41, 5.74) is 6.45. The van der Waals surface area contributed by atoms with Crippen molar-refractivity contribution in [2.24, 2.45) is 12.8 Å². The standard InChI is InChI=1S/C9H17N5S/c1-7(4-9(10)15)13(2)5-8-6-14(3)12-11-8/h6-7H,4-5H2,1-3H3,(H2,10,15). The predicted octanol–water partition coefficient (Wildman–Crippen LogP) is 0.312. The lowest BCUT2D eigenvalue weighted by Gasteiger charge is -2.22. The van der Waals surface area contributed by atoms with E-state index in [2.05, 4.69) is 22.1 Å². The molecule has 0 aromatic carbocycles. The van der Waals surface area contributed by atoms with Gasteiger partial charge in [0.05, 0.1) is 10.7 Å². The Morgan fingerprint density at radius 2 is 2.40 bits per heavy atom. The first kappa shape index (κ1) is 12.1. The third-order valence-electron chi connectivity index (χ3n) is 2.31. The maximum Gasteiger partial charge on any atom is 0.0966 e. The molecule has 0 aliphatic carbocycles. The van der Waals surface area contributed by atoms with Gasteiger partial charge in [0.25, 0.3) is 0 Å². The molecular formula is C9H17N5S. The van der Waals surface area contributed by atoms with Crippen LogP contribution in [0.5, 0.6) is 0 Å². The minimum absolute atomic E-state index is 0.324. The normalized spacial score (nSPS) is 13.1. The summed E-state index contributed by atoms with van der Waals surface area (Å²) in [4.78, 5) is 2.71. The molecule has 1 heterocycles. The molecule has 1 aromatic rings. The molecule has 0 aliphatic heterocycles. The quantitative estimate of drug-likeness (QED) is 0.734. The van der Waals surface area contributed by atoms with E-state index >= 15 is 0 Å². The highest BCUT2D eigenvalue weighted by molar-refractivity contribution is 7.80. The molecule has 1 atom stereocenters. The van der Waals surface area contributed by atoms with Gasteiger partial charge < -0.3 is 5.73 Å². The summed E-state index contributed by atoms with van der Waals surface area (Å²) in [6.07, 6.45) is 2.64. The zero-order valence-electron chi connectivity index (χ0n) is 9.34. The van der Waals surface area contributed by atoms with Crippen LogP contribution in [0.3, 0.4) is 0 Å². The maximum atomic E-state index is 5.50. The van der Waals surface area contributed by atoms with E-state index in [0.717, 1.165) is 18.7 Å². The summed E-state index contributed by atoms with van der Waals surface area (Å²) >= 11 is 4.88. The Bertz CT molecular complexity index is 335. The molecule has 0 aliphatic rings. The maximum absolute atomic E-state index is 5.50. The molecule has 0 radical (unpaired) electrons. The first-order valence-electron chi connectivity index (χ1n) is 4.82. The smallest absolute Gasteiger partial charge is 0.0966 e. The number of rotatable bonds is 5. The van der Waals surface area contributed by atoms with Crippen LogP contribution in [0.4, 0.5) is 0 Å². The zero-order valence-corrected chi connectivity index (χ0v) is 10.2. The Balaban J connectivity index is 2.47. The highest BCUT2D eigenvalue weighted by Crippen LogP contribution is 2.05. The Kier molecular flexibility index (Phi) is 4.16. The van der Waals surface area contributed by atoms with E-state index in [1.54, 1.807) is 4.68 Å². The van der Waals surface area contributed by atoms with Crippen molar-refractivity contribution >= 4 is 17.2 Å². The second kappa shape index (κ2) is 5.18. The van der Waals surface area contributed by atoms with Gasteiger partial charge in [0, 0.05) is 32.3 Å². The van der Waals surface area contributed by atoms with E-state index in [9.17, 15) is 0 Å². The van der Waals surface area contributed by atoms with Gasteiger partial charge in [0.2, 0.25) is 0 Å². The fraction of sp³-hybridized carbons (Fsp3) is 0.667. The second-order valence-corrected chi connectivity index (χ2v) is 4.34. The van der Waals surface area contributed by atoms with E-state index in [1.807, 2.05) is 20.3 Å². The van der Waals surface area contributed by atoms with Gasteiger partial charge in [-0.3, -0.25) is 9.58 Å². The lowest BCUT2D eigenvalue weighted by atomic mass is 10.2. The number of hydrogen-bond donors (Lipinski definition) is 1. The van der Waals surface area contributed by atoms with Gasteiger partial charge in [-0.1, -0.05) is 17.4 Å². The van der Waals surface area contributed by atoms with Crippen LogP contribution in [0.2, 0.25) is 0 Å². The Morgan fingerprint density at radius 3 is 2.87 bits per heavy atom. The van der Waals surface area contributed by atoms with Crippen LogP contribution in [0, 0.1) is 0 Å². The predicted molar refractivity (Wildman–Crippen MR) is 63.3 cm³/mol. The summed E-state index contributed by atoms with van der Waals surface area (Å²) < 4.78 is 1.70. The molecule has 0 saturated heterocycles. The van der Waals surface area contributed by atoms with Crippen molar-refractivity contribution in [2.75, 3.05) is 7.05 Å². The van der Waals surface area contributed by atoms with Crippen LogP contribution in [0.1, 0.15) is 19.0 Å². The third-order valence-corrected chi connectivity index (χ3v) is 2.48. The molecule has 0 bridgehead atoms. The molecule has 1 aromatic heterocycles. The van der Waals surface area contributed by atoms with Gasteiger partial charge in [-0.05, 0) is 14.0 Å². The van der Waals surface area contributed by atoms with Crippen LogP contribution in [0.25, 0.3) is 0 Å². The summed E-state index contributed by atoms with van der Waals surface area (Å²) in [5.74, 6) is 0. The summed E-state index contributed by atoms with van der Waals surface area (Å²) in [7, 11) is 3.88. The number of hydrogen-bond acceptors (Lipinski definition) is 4. The lowest BCUT2D eigenvalue weighted by molar-refractivity contribution is 0.252. The average Bonchev–Trinajstić information content (AvgIpc) is 2.50. The minimum Gasteiger partial charge on any atom is -0.393 e. The monoisotopic (exact) mass is 227 g/mol. The van der Waals surface area contributed by atoms with Gasteiger partial charge in [-0.25, -0.2) is 0 Å². The topological polar surface area (TPSA) is 60.0 Å². The summed E-state index contributed by atoms with van der Waals surface area (Å²) in [5, 5.41) is 7.90. The van der Waals surface area contributed by atoms with Crippen LogP contribution in [-0.2, 0) is 13.6 Å². The van der Waals surface area contributed by atoms with Crippen molar-refractivity contribution < 1.29 is 0 Å². The van der Waals surface area contributed by atoms with Crippen molar-refractivity contribution in [1.82, 2.24) is 19.9 Å². The molecule has 15 heavy (non-hydrogen) atoms. The van der Waals surface area contributed by atoms with Crippen molar-refractivity contribution in [1.29, 1.82) is 0 Å². The van der Waals surface area contributed by atoms with E-state index in [1.165, 1.54) is 0 Å². The molecular weight excluding hydrogens is 210 g/mol. The van der Waals surface area contributed by atoms with E-state index in [-0.39, 0.29) is 0 Å². The number of nitrogens with two attached hydrogens (primary N) is 1. The number of nitrogens with zero attached hydrogens (tertiary/aromatic N) is 4. The van der Waals surface area contributed by atoms with Gasteiger partial charge in [-0.2, -0.15) is 0 Å². The SMILES string of the molecule is CC(CC(N)=S)N(C)Cc1cn(C)nn1. The molecule has 1 unspecified atom stereocenters. The van der Waals surface area contributed by atoms with Crippen molar-refractivity contribution in [3.05, 3.63) is 11.9 Å². The highest BCUT2D eigenvalue weighted by atomic mass is 32.1. The molecule has 0 amide bonds. The lowest BCUT2D eigenvalue weighted by Crippen LogP contribution is -2.32. The molecule has 84 valence electrons. The van der Waals surface area contributed by atoms with Crippen LogP contribution >= 0.6 is 12.2 Å². The molecule has 0 saturated carbocycles. The van der Waals surface area contributed by atoms with Gasteiger partial charge in [0.1, 0.15) is 0 Å². The van der Waals surface area contributed by atoms with Crippen molar-refractivity contribution in [3.8, 4) is 0 Å². The second-order valence-electron chi connectivity index (χ2n) is 3.82. The molecule has 2 N–H and O–H groups in total. The minimum atomic E-state index is 0.324. The Hall–Kier alpha value is -1.01. The fourth-order valence-electron chi connectivity index (χ4n) is 1.33. The molecule has 0 spiro atoms. The number of aryl methyl sites for hydroxylation is 1. The number of thiocarbonyl (C=S) groups is 1. The first-order valence-corrected chi connectivity index (χ1v) is 5.23. The third kappa shape index (κ3) is 3.93. The molecule has 0 fully saturated rings. The molecule has 5 nitrogen and oxygen atoms in total. The zero-order chi connectivity index (χ0) is 11.4. The molecule has 6 heteroatoms.